The lowest BCUT2D eigenvalue weighted by Gasteiger charge is -2.33. The highest BCUT2D eigenvalue weighted by atomic mass is 35.5. The molecule has 1 amide bonds. The second-order valence-corrected chi connectivity index (χ2v) is 5.78. The van der Waals surface area contributed by atoms with E-state index in [1.54, 1.807) is 23.1 Å². The number of halogens is 1. The molecule has 6 nitrogen and oxygen atoms in total. The van der Waals surface area contributed by atoms with E-state index in [1.807, 2.05) is 11.0 Å². The third kappa shape index (κ3) is 3.34. The Morgan fingerprint density at radius 3 is 2.73 bits per heavy atom. The van der Waals surface area contributed by atoms with Gasteiger partial charge in [0.2, 0.25) is 0 Å². The molecule has 1 fully saturated rings. The zero-order valence-corrected chi connectivity index (χ0v) is 13.3. The zero-order chi connectivity index (χ0) is 15.5. The van der Waals surface area contributed by atoms with Gasteiger partial charge >= 0.3 is 0 Å². The fraction of sp³-hybridized carbons (Fsp3) is 0.467. The molecular formula is C15H19ClN4O2. The maximum Gasteiger partial charge on any atom is 0.289 e. The van der Waals surface area contributed by atoms with Crippen molar-refractivity contribution in [2.24, 2.45) is 0 Å². The van der Waals surface area contributed by atoms with Crippen LogP contribution in [0.3, 0.4) is 0 Å². The van der Waals surface area contributed by atoms with Crippen molar-refractivity contribution in [3.63, 3.8) is 0 Å². The average Bonchev–Trinajstić information content (AvgIpc) is 3.16. The maximum atomic E-state index is 12.4. The summed E-state index contributed by atoms with van der Waals surface area (Å²) in [6.07, 6.45) is 3.29. The number of furan rings is 1. The highest BCUT2D eigenvalue weighted by Gasteiger charge is 2.23. The van der Waals surface area contributed by atoms with Crippen molar-refractivity contribution in [3.05, 3.63) is 41.1 Å². The van der Waals surface area contributed by atoms with E-state index in [-0.39, 0.29) is 5.91 Å². The standard InChI is InChI=1S/C15H19ClN4O2/c1-2-18-5-7-19(8-6-18)15(21)14-4-3-13(22-14)11-20-10-12(16)9-17-20/h3-4,9-10H,2,5-8,11H2,1H3. The van der Waals surface area contributed by atoms with Gasteiger partial charge in [-0.1, -0.05) is 18.5 Å². The molecule has 0 unspecified atom stereocenters. The van der Waals surface area contributed by atoms with Crippen LogP contribution in [0.5, 0.6) is 0 Å². The zero-order valence-electron chi connectivity index (χ0n) is 12.5. The Morgan fingerprint density at radius 2 is 2.09 bits per heavy atom. The van der Waals surface area contributed by atoms with E-state index in [4.69, 9.17) is 16.0 Å². The molecule has 0 spiro atoms. The van der Waals surface area contributed by atoms with E-state index >= 15 is 0 Å². The van der Waals surface area contributed by atoms with Gasteiger partial charge in [-0.2, -0.15) is 5.10 Å². The van der Waals surface area contributed by atoms with Crippen LogP contribution in [0, 0.1) is 0 Å². The van der Waals surface area contributed by atoms with Crippen LogP contribution in [-0.2, 0) is 6.54 Å². The predicted molar refractivity (Wildman–Crippen MR) is 83.1 cm³/mol. The van der Waals surface area contributed by atoms with Gasteiger partial charge < -0.3 is 14.2 Å². The normalized spacial score (nSPS) is 16.2. The van der Waals surface area contributed by atoms with E-state index < -0.39 is 0 Å². The molecule has 2 aromatic heterocycles. The number of likely N-dealkylation sites (N-methyl/N-ethyl adjacent to an activating group) is 1. The number of carbonyl (C=O) groups is 1. The van der Waals surface area contributed by atoms with Crippen molar-refractivity contribution < 1.29 is 9.21 Å². The fourth-order valence-corrected chi connectivity index (χ4v) is 2.74. The molecule has 0 N–H and O–H groups in total. The Labute approximate surface area is 134 Å². The molecule has 3 rings (SSSR count). The second-order valence-electron chi connectivity index (χ2n) is 5.35. The average molecular weight is 323 g/mol. The monoisotopic (exact) mass is 322 g/mol. The molecule has 118 valence electrons. The number of piperazine rings is 1. The summed E-state index contributed by atoms with van der Waals surface area (Å²) in [5, 5.41) is 4.68. The maximum absolute atomic E-state index is 12.4. The number of amides is 1. The van der Waals surface area contributed by atoms with Gasteiger partial charge in [-0.15, -0.1) is 0 Å². The lowest BCUT2D eigenvalue weighted by atomic mass is 10.3. The van der Waals surface area contributed by atoms with E-state index in [0.717, 1.165) is 32.7 Å². The Bertz CT molecular complexity index is 644. The van der Waals surface area contributed by atoms with Crippen molar-refractivity contribution in [1.82, 2.24) is 19.6 Å². The summed E-state index contributed by atoms with van der Waals surface area (Å²) in [6, 6.07) is 3.54. The molecule has 7 heteroatoms. The molecule has 0 saturated carbocycles. The van der Waals surface area contributed by atoms with Crippen LogP contribution in [0.15, 0.2) is 28.9 Å². The van der Waals surface area contributed by atoms with Gasteiger partial charge in [0.15, 0.2) is 5.76 Å². The van der Waals surface area contributed by atoms with Gasteiger partial charge in [-0.25, -0.2) is 0 Å². The number of hydrogen-bond acceptors (Lipinski definition) is 4. The molecule has 1 aliphatic heterocycles. The fourth-order valence-electron chi connectivity index (χ4n) is 2.59. The molecule has 1 aliphatic rings. The molecule has 0 bridgehead atoms. The van der Waals surface area contributed by atoms with Crippen LogP contribution >= 0.6 is 11.6 Å². The number of nitrogens with zero attached hydrogens (tertiary/aromatic N) is 4. The lowest BCUT2D eigenvalue weighted by molar-refractivity contribution is 0.0610. The van der Waals surface area contributed by atoms with Crippen LogP contribution in [0.2, 0.25) is 5.02 Å². The minimum absolute atomic E-state index is 0.0412. The van der Waals surface area contributed by atoms with Crippen LogP contribution in [0.1, 0.15) is 23.2 Å². The molecule has 0 radical (unpaired) electrons. The van der Waals surface area contributed by atoms with E-state index in [0.29, 0.717) is 23.1 Å². The Kier molecular flexibility index (Phi) is 4.49. The quantitative estimate of drug-likeness (QED) is 0.863. The van der Waals surface area contributed by atoms with Crippen molar-refractivity contribution in [1.29, 1.82) is 0 Å². The summed E-state index contributed by atoms with van der Waals surface area (Å²) in [5.74, 6) is 1.04. The van der Waals surface area contributed by atoms with Gasteiger partial charge in [0.05, 0.1) is 17.8 Å². The summed E-state index contributed by atoms with van der Waals surface area (Å²) in [7, 11) is 0. The van der Waals surface area contributed by atoms with Crippen molar-refractivity contribution in [2.45, 2.75) is 13.5 Å². The first kappa shape index (κ1) is 15.1. The van der Waals surface area contributed by atoms with E-state index in [2.05, 4.69) is 16.9 Å². The van der Waals surface area contributed by atoms with E-state index in [1.165, 1.54) is 0 Å². The number of rotatable bonds is 4. The van der Waals surface area contributed by atoms with Crippen LogP contribution in [0.25, 0.3) is 0 Å². The van der Waals surface area contributed by atoms with Crippen molar-refractivity contribution in [2.75, 3.05) is 32.7 Å². The molecule has 0 atom stereocenters. The third-order valence-electron chi connectivity index (χ3n) is 3.90. The topological polar surface area (TPSA) is 54.5 Å². The van der Waals surface area contributed by atoms with Gasteiger partial charge in [0, 0.05) is 32.4 Å². The molecule has 1 saturated heterocycles. The predicted octanol–water partition coefficient (Wildman–Crippen LogP) is 1.96. The first-order valence-electron chi connectivity index (χ1n) is 7.44. The first-order chi connectivity index (χ1) is 10.7. The van der Waals surface area contributed by atoms with Crippen LogP contribution in [-0.4, -0.2) is 58.2 Å². The number of aromatic nitrogens is 2. The lowest BCUT2D eigenvalue weighted by Crippen LogP contribution is -2.48. The third-order valence-corrected chi connectivity index (χ3v) is 4.09. The van der Waals surface area contributed by atoms with Crippen molar-refractivity contribution >= 4 is 17.5 Å². The Hall–Kier alpha value is -1.79. The number of carbonyl (C=O) groups excluding carboxylic acids is 1. The highest BCUT2D eigenvalue weighted by Crippen LogP contribution is 2.14. The SMILES string of the molecule is CCN1CCN(C(=O)c2ccc(Cn3cc(Cl)cn3)o2)CC1. The summed E-state index contributed by atoms with van der Waals surface area (Å²) in [6.45, 7) is 6.96. The van der Waals surface area contributed by atoms with Crippen molar-refractivity contribution in [3.8, 4) is 0 Å². The highest BCUT2D eigenvalue weighted by molar-refractivity contribution is 6.30. The second kappa shape index (κ2) is 6.54. The number of hydrogen-bond donors (Lipinski definition) is 0. The largest absolute Gasteiger partial charge is 0.454 e. The summed E-state index contributed by atoms with van der Waals surface area (Å²) < 4.78 is 7.33. The van der Waals surface area contributed by atoms with Gasteiger partial charge in [0.1, 0.15) is 5.76 Å². The Balaban J connectivity index is 1.62. The van der Waals surface area contributed by atoms with Crippen LogP contribution < -0.4 is 0 Å². The smallest absolute Gasteiger partial charge is 0.289 e. The van der Waals surface area contributed by atoms with Gasteiger partial charge in [-0.05, 0) is 18.7 Å². The van der Waals surface area contributed by atoms with Gasteiger partial charge in [-0.3, -0.25) is 9.48 Å². The first-order valence-corrected chi connectivity index (χ1v) is 7.82. The van der Waals surface area contributed by atoms with E-state index in [9.17, 15) is 4.79 Å². The molecule has 3 heterocycles. The summed E-state index contributed by atoms with van der Waals surface area (Å²) >= 11 is 5.83. The molecule has 22 heavy (non-hydrogen) atoms. The molecule has 0 aliphatic carbocycles. The summed E-state index contributed by atoms with van der Waals surface area (Å²) in [4.78, 5) is 16.6. The van der Waals surface area contributed by atoms with Gasteiger partial charge in [0.25, 0.3) is 5.91 Å². The molecule has 2 aromatic rings. The molecule has 0 aromatic carbocycles. The minimum Gasteiger partial charge on any atom is -0.454 e. The van der Waals surface area contributed by atoms with Crippen LogP contribution in [0.4, 0.5) is 0 Å². The Morgan fingerprint density at radius 1 is 1.32 bits per heavy atom. The minimum atomic E-state index is -0.0412. The summed E-state index contributed by atoms with van der Waals surface area (Å²) in [5.41, 5.74) is 0. The molecular weight excluding hydrogens is 304 g/mol.